The number of aromatic nitrogens is 1. The molecule has 202 valence electrons. The van der Waals surface area contributed by atoms with Gasteiger partial charge in [0.15, 0.2) is 5.92 Å². The molecule has 0 radical (unpaired) electrons. The van der Waals surface area contributed by atoms with Gasteiger partial charge in [0.05, 0.1) is 5.56 Å². The van der Waals surface area contributed by atoms with Crippen LogP contribution in [-0.2, 0) is 4.79 Å². The molecule has 11 heteroatoms. The molecule has 3 rings (SSSR count). The third kappa shape index (κ3) is 7.28. The van der Waals surface area contributed by atoms with Crippen LogP contribution in [0, 0.1) is 5.92 Å². The second kappa shape index (κ2) is 12.0. The van der Waals surface area contributed by atoms with Crippen molar-refractivity contribution in [2.45, 2.75) is 37.8 Å². The second-order valence-corrected chi connectivity index (χ2v) is 9.97. The van der Waals surface area contributed by atoms with Crippen molar-refractivity contribution < 1.29 is 27.9 Å². The van der Waals surface area contributed by atoms with Gasteiger partial charge in [0.1, 0.15) is 16.7 Å². The fourth-order valence-corrected chi connectivity index (χ4v) is 4.81. The van der Waals surface area contributed by atoms with E-state index in [2.05, 4.69) is 9.88 Å². The monoisotopic (exact) mass is 540 g/mol. The fourth-order valence-electron chi connectivity index (χ4n) is 4.58. The summed E-state index contributed by atoms with van der Waals surface area (Å²) in [6, 6.07) is 8.21. The number of carbonyl (C=O) groups is 2. The Balaban J connectivity index is 1.50. The molecular formula is C26H32ClF3N4O3. The first kappa shape index (κ1) is 28.6. The van der Waals surface area contributed by atoms with Crippen LogP contribution in [0.15, 0.2) is 36.4 Å². The van der Waals surface area contributed by atoms with E-state index in [0.717, 1.165) is 43.3 Å². The number of amides is 2. The average Bonchev–Trinajstić information content (AvgIpc) is 2.83. The zero-order chi connectivity index (χ0) is 27.3. The number of pyridine rings is 1. The number of nitrogens with zero attached hydrogens (tertiary/aromatic N) is 4. The lowest BCUT2D eigenvalue weighted by Crippen LogP contribution is -2.39. The lowest BCUT2D eigenvalue weighted by Gasteiger charge is -2.33. The number of halogens is 4. The van der Waals surface area contributed by atoms with E-state index in [1.165, 1.54) is 30.1 Å². The zero-order valence-electron chi connectivity index (χ0n) is 21.1. The maximum Gasteiger partial charge on any atom is 0.404 e. The van der Waals surface area contributed by atoms with Gasteiger partial charge in [0, 0.05) is 40.8 Å². The minimum Gasteiger partial charge on any atom is -0.508 e. The van der Waals surface area contributed by atoms with Crippen LogP contribution in [0.5, 0.6) is 5.75 Å². The molecule has 0 saturated carbocycles. The summed E-state index contributed by atoms with van der Waals surface area (Å²) in [5.41, 5.74) is 0.0744. The second-order valence-electron chi connectivity index (χ2n) is 9.61. The molecule has 7 nitrogen and oxygen atoms in total. The first-order valence-corrected chi connectivity index (χ1v) is 12.5. The van der Waals surface area contributed by atoms with E-state index < -0.39 is 18.0 Å². The summed E-state index contributed by atoms with van der Waals surface area (Å²) in [6.45, 7) is 1.71. The van der Waals surface area contributed by atoms with Gasteiger partial charge in [-0.2, -0.15) is 13.2 Å². The number of piperidine rings is 1. The third-order valence-electron chi connectivity index (χ3n) is 6.67. The summed E-state index contributed by atoms with van der Waals surface area (Å²) in [5.74, 6) is -2.79. The first-order chi connectivity index (χ1) is 17.4. The van der Waals surface area contributed by atoms with Gasteiger partial charge in [-0.05, 0) is 61.4 Å². The molecule has 2 aromatic rings. The minimum atomic E-state index is -4.76. The van der Waals surface area contributed by atoms with Gasteiger partial charge in [-0.1, -0.05) is 23.7 Å². The molecule has 1 unspecified atom stereocenters. The van der Waals surface area contributed by atoms with Gasteiger partial charge in [0.2, 0.25) is 5.91 Å². The smallest absolute Gasteiger partial charge is 0.404 e. The highest BCUT2D eigenvalue weighted by Crippen LogP contribution is 2.37. The molecule has 1 saturated heterocycles. The van der Waals surface area contributed by atoms with Crippen molar-refractivity contribution in [3.05, 3.63) is 52.7 Å². The zero-order valence-corrected chi connectivity index (χ0v) is 21.9. The molecule has 0 spiro atoms. The number of hydrogen-bond donors (Lipinski definition) is 1. The largest absolute Gasteiger partial charge is 0.508 e. The lowest BCUT2D eigenvalue weighted by atomic mass is 9.92. The number of likely N-dealkylation sites (N-methyl/N-ethyl adjacent to an activating group) is 1. The number of aromatic hydroxyl groups is 1. The summed E-state index contributed by atoms with van der Waals surface area (Å²) in [4.78, 5) is 33.9. The van der Waals surface area contributed by atoms with E-state index in [1.54, 1.807) is 26.2 Å². The Bertz CT molecular complexity index is 1100. The Kier molecular flexibility index (Phi) is 9.28. The Morgan fingerprint density at radius 3 is 2.41 bits per heavy atom. The Morgan fingerprint density at radius 2 is 1.84 bits per heavy atom. The van der Waals surface area contributed by atoms with Gasteiger partial charge < -0.3 is 19.8 Å². The Labute approximate surface area is 219 Å². The molecule has 0 aliphatic carbocycles. The van der Waals surface area contributed by atoms with Crippen LogP contribution in [-0.4, -0.2) is 78.7 Å². The van der Waals surface area contributed by atoms with Crippen LogP contribution in [0.3, 0.4) is 0 Å². The SMILES string of the molecule is CN(C)C(=O)c1ccc(N2CCC(CCCN(C)C(=O)C(c3cccc(O)c3)C(F)(F)F)CC2)nc1Cl. The molecule has 1 aromatic carbocycles. The number of phenolic OH excluding ortho intramolecular Hbond substituents is 1. The number of alkyl halides is 3. The van der Waals surface area contributed by atoms with Crippen molar-refractivity contribution in [1.82, 2.24) is 14.8 Å². The summed E-state index contributed by atoms with van der Waals surface area (Å²) in [5, 5.41) is 9.73. The van der Waals surface area contributed by atoms with E-state index in [1.807, 2.05) is 0 Å². The van der Waals surface area contributed by atoms with Crippen LogP contribution >= 0.6 is 11.6 Å². The average molecular weight is 541 g/mol. The van der Waals surface area contributed by atoms with Crippen molar-refractivity contribution in [2.75, 3.05) is 45.7 Å². The van der Waals surface area contributed by atoms with E-state index in [-0.39, 0.29) is 28.9 Å². The van der Waals surface area contributed by atoms with Gasteiger partial charge in [-0.25, -0.2) is 4.98 Å². The molecule has 1 aliphatic rings. The Morgan fingerprint density at radius 1 is 1.16 bits per heavy atom. The van der Waals surface area contributed by atoms with Crippen molar-refractivity contribution >= 4 is 29.2 Å². The molecule has 0 bridgehead atoms. The number of hydrogen-bond acceptors (Lipinski definition) is 5. The number of carbonyl (C=O) groups excluding carboxylic acids is 2. The first-order valence-electron chi connectivity index (χ1n) is 12.1. The number of benzene rings is 1. The van der Waals surface area contributed by atoms with E-state index in [9.17, 15) is 27.9 Å². The molecular weight excluding hydrogens is 509 g/mol. The maximum absolute atomic E-state index is 13.7. The third-order valence-corrected chi connectivity index (χ3v) is 6.96. The summed E-state index contributed by atoms with van der Waals surface area (Å²) >= 11 is 6.24. The van der Waals surface area contributed by atoms with Crippen LogP contribution in [0.2, 0.25) is 5.15 Å². The van der Waals surface area contributed by atoms with Gasteiger partial charge >= 0.3 is 6.18 Å². The standard InChI is InChI=1S/C26H32ClF3N4O3/c1-32(2)24(36)20-9-10-21(31-23(20)27)34-14-11-17(12-15-34)6-5-13-33(3)25(37)22(26(28,29)30)18-7-4-8-19(35)16-18/h4,7-10,16-17,22,35H,5-6,11-15H2,1-3H3. The topological polar surface area (TPSA) is 77.0 Å². The molecule has 2 heterocycles. The molecule has 1 atom stereocenters. The maximum atomic E-state index is 13.7. The molecule has 1 aliphatic heterocycles. The summed E-state index contributed by atoms with van der Waals surface area (Å²) < 4.78 is 41.1. The molecule has 1 aromatic heterocycles. The van der Waals surface area contributed by atoms with E-state index in [4.69, 9.17) is 11.6 Å². The molecule has 1 fully saturated rings. The highest BCUT2D eigenvalue weighted by atomic mass is 35.5. The van der Waals surface area contributed by atoms with Gasteiger partial charge in [-0.3, -0.25) is 9.59 Å². The van der Waals surface area contributed by atoms with Crippen molar-refractivity contribution in [3.8, 4) is 5.75 Å². The number of anilines is 1. The van der Waals surface area contributed by atoms with Crippen LogP contribution in [0.25, 0.3) is 0 Å². The molecule has 2 amide bonds. The van der Waals surface area contributed by atoms with Crippen LogP contribution in [0.1, 0.15) is 47.5 Å². The highest BCUT2D eigenvalue weighted by Gasteiger charge is 2.47. The minimum absolute atomic E-state index is 0.161. The predicted octanol–water partition coefficient (Wildman–Crippen LogP) is 4.94. The summed E-state index contributed by atoms with van der Waals surface area (Å²) in [6.07, 6.45) is -1.63. The summed E-state index contributed by atoms with van der Waals surface area (Å²) in [7, 11) is 4.68. The quantitative estimate of drug-likeness (QED) is 0.480. The van der Waals surface area contributed by atoms with E-state index >= 15 is 0 Å². The van der Waals surface area contributed by atoms with E-state index in [0.29, 0.717) is 23.7 Å². The van der Waals surface area contributed by atoms with Crippen molar-refractivity contribution in [2.24, 2.45) is 5.92 Å². The molecule has 37 heavy (non-hydrogen) atoms. The van der Waals surface area contributed by atoms with Gasteiger partial charge in [-0.15, -0.1) is 0 Å². The van der Waals surface area contributed by atoms with Crippen molar-refractivity contribution in [1.29, 1.82) is 0 Å². The van der Waals surface area contributed by atoms with Crippen LogP contribution in [0.4, 0.5) is 19.0 Å². The number of phenols is 1. The van der Waals surface area contributed by atoms with Gasteiger partial charge in [0.25, 0.3) is 5.91 Å². The lowest BCUT2D eigenvalue weighted by molar-refractivity contribution is -0.171. The van der Waals surface area contributed by atoms with Crippen LogP contribution < -0.4 is 4.90 Å². The normalized spacial score (nSPS) is 15.4. The Hall–Kier alpha value is -3.01. The number of rotatable bonds is 8. The highest BCUT2D eigenvalue weighted by molar-refractivity contribution is 6.32. The fraction of sp³-hybridized carbons (Fsp3) is 0.500. The predicted molar refractivity (Wildman–Crippen MR) is 136 cm³/mol. The molecule has 1 N–H and O–H groups in total. The van der Waals surface area contributed by atoms with Crippen molar-refractivity contribution in [3.63, 3.8) is 0 Å².